The SMILES string of the molecule is CC(F)(F)F.Cc1ccc(NC(=O)N2CCCC2)cc1B1OC(C)(C)C(C)(C)O1. The standard InChI is InChI=1S/C18H27BN2O3.C2H3F3/c1-13-8-9-14(20-16(22)21-10-6-7-11-21)12-15(13)19-23-17(2,3)18(4,5)24-19;1-2(3,4)5/h8-9,12H,6-7,10-11H2,1-5H3,(H,20,22);1H3. The first kappa shape index (κ1) is 23.5. The molecule has 0 aromatic heterocycles. The van der Waals surface area contributed by atoms with Crippen molar-refractivity contribution in [3.63, 3.8) is 0 Å². The zero-order valence-electron chi connectivity index (χ0n) is 17.9. The zero-order chi connectivity index (χ0) is 22.0. The number of likely N-dealkylation sites (tertiary alicyclic amines) is 1. The van der Waals surface area contributed by atoms with Crippen molar-refractivity contribution in [3.8, 4) is 0 Å². The number of aryl methyl sites for hydroxylation is 1. The van der Waals surface area contributed by atoms with Gasteiger partial charge < -0.3 is 19.5 Å². The smallest absolute Gasteiger partial charge is 0.399 e. The lowest BCUT2D eigenvalue weighted by Gasteiger charge is -2.32. The van der Waals surface area contributed by atoms with E-state index in [-0.39, 0.29) is 24.2 Å². The number of amides is 2. The summed E-state index contributed by atoms with van der Waals surface area (Å²) in [6.07, 6.45) is -1.83. The second-order valence-electron chi connectivity index (χ2n) is 8.57. The Morgan fingerprint density at radius 1 is 1.10 bits per heavy atom. The number of nitrogens with one attached hydrogen (secondary N) is 1. The first-order chi connectivity index (χ1) is 13.2. The molecule has 0 aliphatic carbocycles. The zero-order valence-corrected chi connectivity index (χ0v) is 17.9. The molecule has 29 heavy (non-hydrogen) atoms. The van der Waals surface area contributed by atoms with Gasteiger partial charge in [-0.1, -0.05) is 11.6 Å². The number of rotatable bonds is 2. The molecule has 0 atom stereocenters. The van der Waals surface area contributed by atoms with Gasteiger partial charge in [-0.15, -0.1) is 0 Å². The number of alkyl halides is 3. The lowest BCUT2D eigenvalue weighted by atomic mass is 9.76. The summed E-state index contributed by atoms with van der Waals surface area (Å²) in [5.74, 6) is 0. The fourth-order valence-corrected chi connectivity index (χ4v) is 3.06. The number of anilines is 1. The highest BCUT2D eigenvalue weighted by Crippen LogP contribution is 2.36. The average Bonchev–Trinajstić information content (AvgIpc) is 3.14. The molecule has 5 nitrogen and oxygen atoms in total. The highest BCUT2D eigenvalue weighted by atomic mass is 19.4. The topological polar surface area (TPSA) is 50.8 Å². The Kier molecular flexibility index (Phi) is 6.95. The van der Waals surface area contributed by atoms with Gasteiger partial charge in [-0.05, 0) is 65.1 Å². The van der Waals surface area contributed by atoms with Crippen LogP contribution in [0.2, 0.25) is 0 Å². The van der Waals surface area contributed by atoms with Gasteiger partial charge in [0, 0.05) is 25.7 Å². The molecule has 162 valence electrons. The lowest BCUT2D eigenvalue weighted by Crippen LogP contribution is -2.41. The number of carbonyl (C=O) groups is 1. The van der Waals surface area contributed by atoms with Crippen LogP contribution in [-0.4, -0.2) is 48.5 Å². The molecule has 2 amide bonds. The first-order valence-corrected chi connectivity index (χ1v) is 9.78. The third kappa shape index (κ3) is 6.37. The van der Waals surface area contributed by atoms with Crippen LogP contribution < -0.4 is 10.8 Å². The number of hydrogen-bond acceptors (Lipinski definition) is 3. The van der Waals surface area contributed by atoms with E-state index in [1.807, 2.05) is 57.7 Å². The second-order valence-corrected chi connectivity index (χ2v) is 8.57. The minimum absolute atomic E-state index is 0.0313. The molecular formula is C20H30BF3N2O3. The third-order valence-electron chi connectivity index (χ3n) is 5.43. The third-order valence-corrected chi connectivity index (χ3v) is 5.43. The Morgan fingerprint density at radius 3 is 2.07 bits per heavy atom. The van der Waals surface area contributed by atoms with Crippen molar-refractivity contribution in [2.24, 2.45) is 0 Å². The largest absolute Gasteiger partial charge is 0.495 e. The fourth-order valence-electron chi connectivity index (χ4n) is 3.06. The van der Waals surface area contributed by atoms with Crippen molar-refractivity contribution in [3.05, 3.63) is 23.8 Å². The minimum Gasteiger partial charge on any atom is -0.399 e. The molecule has 2 saturated heterocycles. The molecule has 0 radical (unpaired) electrons. The Morgan fingerprint density at radius 2 is 1.59 bits per heavy atom. The highest BCUT2D eigenvalue weighted by Gasteiger charge is 2.52. The van der Waals surface area contributed by atoms with Crippen molar-refractivity contribution in [1.82, 2.24) is 4.90 Å². The highest BCUT2D eigenvalue weighted by molar-refractivity contribution is 6.62. The second kappa shape index (κ2) is 8.56. The Bertz CT molecular complexity index is 710. The fraction of sp³-hybridized carbons (Fsp3) is 0.650. The maximum Gasteiger partial charge on any atom is 0.495 e. The number of nitrogens with zero attached hydrogens (tertiary/aromatic N) is 1. The van der Waals surface area contributed by atoms with E-state index in [2.05, 4.69) is 5.32 Å². The van der Waals surface area contributed by atoms with Crippen molar-refractivity contribution < 1.29 is 27.3 Å². The van der Waals surface area contributed by atoms with E-state index in [9.17, 15) is 18.0 Å². The Balaban J connectivity index is 0.000000537. The van der Waals surface area contributed by atoms with E-state index in [0.717, 1.165) is 42.6 Å². The number of urea groups is 1. The summed E-state index contributed by atoms with van der Waals surface area (Å²) in [5.41, 5.74) is 2.08. The van der Waals surface area contributed by atoms with Crippen molar-refractivity contribution in [1.29, 1.82) is 0 Å². The van der Waals surface area contributed by atoms with Crippen LogP contribution in [0.25, 0.3) is 0 Å². The number of halogens is 3. The van der Waals surface area contributed by atoms with Gasteiger partial charge in [0.15, 0.2) is 0 Å². The Hall–Kier alpha value is -1.74. The van der Waals surface area contributed by atoms with E-state index in [0.29, 0.717) is 0 Å². The normalized spacial score (nSPS) is 20.3. The van der Waals surface area contributed by atoms with Gasteiger partial charge >= 0.3 is 19.3 Å². The van der Waals surface area contributed by atoms with Crippen molar-refractivity contribution >= 4 is 24.3 Å². The van der Waals surface area contributed by atoms with E-state index in [4.69, 9.17) is 9.31 Å². The summed E-state index contributed by atoms with van der Waals surface area (Å²) in [7, 11) is -0.418. The van der Waals surface area contributed by atoms with Crippen LogP contribution in [-0.2, 0) is 9.31 Å². The van der Waals surface area contributed by atoms with Gasteiger partial charge in [0.1, 0.15) is 0 Å². The summed E-state index contributed by atoms with van der Waals surface area (Å²) in [5, 5.41) is 2.99. The van der Waals surface area contributed by atoms with Gasteiger partial charge in [-0.25, -0.2) is 4.79 Å². The maximum atomic E-state index is 12.3. The molecule has 9 heteroatoms. The van der Waals surface area contributed by atoms with E-state index in [1.165, 1.54) is 0 Å². The van der Waals surface area contributed by atoms with Gasteiger partial charge in [-0.2, -0.15) is 13.2 Å². The summed E-state index contributed by atoms with van der Waals surface area (Å²) in [6.45, 7) is 12.1. The summed E-state index contributed by atoms with van der Waals surface area (Å²) >= 11 is 0. The molecule has 2 aliphatic heterocycles. The maximum absolute atomic E-state index is 12.3. The molecule has 0 saturated carbocycles. The first-order valence-electron chi connectivity index (χ1n) is 9.78. The van der Waals surface area contributed by atoms with Crippen LogP contribution in [0.15, 0.2) is 18.2 Å². The molecule has 0 bridgehead atoms. The van der Waals surface area contributed by atoms with Crippen LogP contribution in [0.5, 0.6) is 0 Å². The monoisotopic (exact) mass is 414 g/mol. The molecule has 2 fully saturated rings. The predicted molar refractivity (Wildman–Crippen MR) is 108 cm³/mol. The molecule has 2 heterocycles. The molecule has 1 aromatic rings. The molecule has 0 spiro atoms. The van der Waals surface area contributed by atoms with E-state index in [1.54, 1.807) is 0 Å². The molecule has 1 aromatic carbocycles. The van der Waals surface area contributed by atoms with Gasteiger partial charge in [-0.3, -0.25) is 0 Å². The lowest BCUT2D eigenvalue weighted by molar-refractivity contribution is -0.110. The molecule has 3 rings (SSSR count). The van der Waals surface area contributed by atoms with Crippen molar-refractivity contribution in [2.75, 3.05) is 18.4 Å². The average molecular weight is 414 g/mol. The number of carbonyl (C=O) groups excluding carboxylic acids is 1. The van der Waals surface area contributed by atoms with E-state index < -0.39 is 13.3 Å². The van der Waals surface area contributed by atoms with Gasteiger partial charge in [0.05, 0.1) is 11.2 Å². The number of hydrogen-bond donors (Lipinski definition) is 1. The van der Waals surface area contributed by atoms with E-state index >= 15 is 0 Å². The summed E-state index contributed by atoms with van der Waals surface area (Å²) < 4.78 is 43.4. The predicted octanol–water partition coefficient (Wildman–Crippen LogP) is 4.49. The summed E-state index contributed by atoms with van der Waals surface area (Å²) in [4.78, 5) is 14.1. The van der Waals surface area contributed by atoms with Crippen LogP contribution in [0.1, 0.15) is 53.0 Å². The summed E-state index contributed by atoms with van der Waals surface area (Å²) in [6, 6.07) is 5.86. The number of benzene rings is 1. The molecule has 0 unspecified atom stereocenters. The minimum atomic E-state index is -4.00. The van der Waals surface area contributed by atoms with Gasteiger partial charge in [0.25, 0.3) is 0 Å². The van der Waals surface area contributed by atoms with Gasteiger partial charge in [0.2, 0.25) is 0 Å². The Labute approximate surface area is 171 Å². The van der Waals surface area contributed by atoms with Crippen LogP contribution >= 0.6 is 0 Å². The van der Waals surface area contributed by atoms with Crippen LogP contribution in [0, 0.1) is 6.92 Å². The van der Waals surface area contributed by atoms with Crippen LogP contribution in [0.3, 0.4) is 0 Å². The molecule has 2 aliphatic rings. The van der Waals surface area contributed by atoms with Crippen LogP contribution in [0.4, 0.5) is 23.7 Å². The van der Waals surface area contributed by atoms with Crippen molar-refractivity contribution in [2.45, 2.75) is 71.8 Å². The quantitative estimate of drug-likeness (QED) is 0.726. The molecule has 1 N–H and O–H groups in total. The molecular weight excluding hydrogens is 384 g/mol.